The van der Waals surface area contributed by atoms with Gasteiger partial charge in [0.25, 0.3) is 0 Å². The molecule has 1 rings (SSSR count). The second-order valence-electron chi connectivity index (χ2n) is 6.69. The fraction of sp³-hybridized carbons (Fsp3) is 0.706. The van der Waals surface area contributed by atoms with Gasteiger partial charge in [0.1, 0.15) is 0 Å². The van der Waals surface area contributed by atoms with E-state index in [0.717, 1.165) is 12.8 Å². The number of ether oxygens (including phenoxy) is 1. The highest BCUT2D eigenvalue weighted by Crippen LogP contribution is 2.34. The predicted octanol–water partition coefficient (Wildman–Crippen LogP) is 1.69. The van der Waals surface area contributed by atoms with Crippen molar-refractivity contribution in [3.8, 4) is 0 Å². The fourth-order valence-electron chi connectivity index (χ4n) is 3.07. The minimum Gasteiger partial charge on any atom is -0.478 e. The molecule has 0 aromatic rings. The molecule has 1 aliphatic carbocycles. The van der Waals surface area contributed by atoms with Crippen molar-refractivity contribution in [3.05, 3.63) is 11.6 Å². The number of methoxy groups -OCH3 is 1. The number of rotatable bonds is 7. The number of carbonyl (C=O) groups is 3. The first kappa shape index (κ1) is 25.9. The normalized spacial score (nSPS) is 22.2. The number of hydrogen-bond acceptors (Lipinski definition) is 5. The average molecular weight is 412 g/mol. The molecule has 5 N–H and O–H groups in total. The van der Waals surface area contributed by atoms with Crippen LogP contribution in [0, 0.1) is 5.92 Å². The Morgan fingerprint density at radius 1 is 1.36 bits per heavy atom. The SMILES string of the molecule is CCCC(C)(OC)C(NC(C)=O)C1C=C(C(=O)O)CC1N.O=C(O)C(F)(F)F. The lowest BCUT2D eigenvalue weighted by Gasteiger charge is -2.41. The molecule has 0 saturated heterocycles. The third-order valence-corrected chi connectivity index (χ3v) is 4.48. The highest BCUT2D eigenvalue weighted by Gasteiger charge is 2.44. The number of aliphatic carboxylic acids is 2. The Morgan fingerprint density at radius 2 is 1.86 bits per heavy atom. The monoisotopic (exact) mass is 412 g/mol. The van der Waals surface area contributed by atoms with Gasteiger partial charge in [-0.05, 0) is 19.8 Å². The van der Waals surface area contributed by atoms with Crippen molar-refractivity contribution in [3.63, 3.8) is 0 Å². The molecule has 0 heterocycles. The zero-order valence-corrected chi connectivity index (χ0v) is 16.2. The van der Waals surface area contributed by atoms with Crippen molar-refractivity contribution in [1.82, 2.24) is 5.32 Å². The van der Waals surface area contributed by atoms with Crippen LogP contribution in [0.5, 0.6) is 0 Å². The molecule has 1 aliphatic rings. The molecule has 0 bridgehead atoms. The van der Waals surface area contributed by atoms with E-state index in [0.29, 0.717) is 12.0 Å². The van der Waals surface area contributed by atoms with Gasteiger partial charge in [-0.1, -0.05) is 19.4 Å². The van der Waals surface area contributed by atoms with E-state index in [1.165, 1.54) is 6.92 Å². The molecule has 0 aliphatic heterocycles. The van der Waals surface area contributed by atoms with Crippen LogP contribution >= 0.6 is 0 Å². The Kier molecular flexibility index (Phi) is 9.62. The van der Waals surface area contributed by atoms with Gasteiger partial charge in [0, 0.05) is 31.6 Å². The summed E-state index contributed by atoms with van der Waals surface area (Å²) in [5, 5.41) is 19.2. The summed E-state index contributed by atoms with van der Waals surface area (Å²) in [5.41, 5.74) is 5.82. The summed E-state index contributed by atoms with van der Waals surface area (Å²) in [6, 6.07) is -0.689. The maximum atomic E-state index is 11.6. The highest BCUT2D eigenvalue weighted by atomic mass is 19.4. The van der Waals surface area contributed by atoms with Crippen molar-refractivity contribution < 1.29 is 42.5 Å². The number of nitrogens with two attached hydrogens (primary N) is 1. The lowest BCUT2D eigenvalue weighted by Crippen LogP contribution is -2.58. The van der Waals surface area contributed by atoms with E-state index in [1.807, 2.05) is 13.8 Å². The van der Waals surface area contributed by atoms with Crippen LogP contribution < -0.4 is 11.1 Å². The number of alkyl halides is 3. The molecule has 0 aromatic heterocycles. The predicted molar refractivity (Wildman–Crippen MR) is 93.4 cm³/mol. The summed E-state index contributed by atoms with van der Waals surface area (Å²) in [5.74, 6) is -4.14. The topological polar surface area (TPSA) is 139 Å². The summed E-state index contributed by atoms with van der Waals surface area (Å²) in [4.78, 5) is 31.6. The molecule has 8 nitrogen and oxygen atoms in total. The molecule has 11 heteroatoms. The van der Waals surface area contributed by atoms with Gasteiger partial charge in [-0.2, -0.15) is 13.2 Å². The number of carboxylic acids is 2. The van der Waals surface area contributed by atoms with E-state index < -0.39 is 23.7 Å². The zero-order chi connectivity index (χ0) is 22.3. The first-order valence-corrected chi connectivity index (χ1v) is 8.51. The average Bonchev–Trinajstić information content (AvgIpc) is 2.94. The summed E-state index contributed by atoms with van der Waals surface area (Å²) >= 11 is 0. The van der Waals surface area contributed by atoms with Crippen LogP contribution in [0.1, 0.15) is 40.0 Å². The first-order valence-electron chi connectivity index (χ1n) is 8.51. The van der Waals surface area contributed by atoms with Crippen LogP contribution in [0.2, 0.25) is 0 Å². The quantitative estimate of drug-likeness (QED) is 0.499. The van der Waals surface area contributed by atoms with E-state index in [1.54, 1.807) is 13.2 Å². The van der Waals surface area contributed by atoms with Crippen LogP contribution in [0.3, 0.4) is 0 Å². The zero-order valence-electron chi connectivity index (χ0n) is 16.2. The molecule has 4 unspecified atom stereocenters. The van der Waals surface area contributed by atoms with E-state index >= 15 is 0 Å². The molecule has 0 aromatic carbocycles. The summed E-state index contributed by atoms with van der Waals surface area (Å²) < 4.78 is 37.4. The lowest BCUT2D eigenvalue weighted by molar-refractivity contribution is -0.192. The van der Waals surface area contributed by atoms with Gasteiger partial charge in [-0.3, -0.25) is 4.79 Å². The molecule has 0 spiro atoms. The fourth-order valence-corrected chi connectivity index (χ4v) is 3.07. The van der Waals surface area contributed by atoms with E-state index in [9.17, 15) is 22.8 Å². The summed E-state index contributed by atoms with van der Waals surface area (Å²) in [6.45, 7) is 5.41. The van der Waals surface area contributed by atoms with Gasteiger partial charge in [-0.25, -0.2) is 9.59 Å². The van der Waals surface area contributed by atoms with Crippen molar-refractivity contribution in [1.29, 1.82) is 0 Å². The highest BCUT2D eigenvalue weighted by molar-refractivity contribution is 5.87. The van der Waals surface area contributed by atoms with Gasteiger partial charge in [0.2, 0.25) is 5.91 Å². The number of halogens is 3. The maximum Gasteiger partial charge on any atom is 0.490 e. The molecule has 162 valence electrons. The van der Waals surface area contributed by atoms with Crippen LogP contribution in [0.4, 0.5) is 13.2 Å². The Bertz CT molecular complexity index is 608. The second kappa shape index (κ2) is 10.4. The Hall–Kier alpha value is -2.14. The molecule has 0 saturated carbocycles. The standard InChI is InChI=1S/C15H26N2O4.C2HF3O2/c1-5-6-15(3,21-4)13(17-9(2)18)11-7-10(14(19)20)8-12(11)16;3-2(4,5)1(6)7/h7,11-13H,5-6,8,16H2,1-4H3,(H,17,18)(H,19,20);(H,6,7). The molecule has 4 atom stereocenters. The minimum atomic E-state index is -5.08. The van der Waals surface area contributed by atoms with Gasteiger partial charge >= 0.3 is 18.1 Å². The van der Waals surface area contributed by atoms with Crippen LogP contribution in [-0.4, -0.2) is 59.0 Å². The molecular weight excluding hydrogens is 385 g/mol. The number of hydrogen-bond donors (Lipinski definition) is 4. The van der Waals surface area contributed by atoms with Gasteiger partial charge < -0.3 is 26.0 Å². The first-order chi connectivity index (χ1) is 12.7. The van der Waals surface area contributed by atoms with Crippen molar-refractivity contribution >= 4 is 17.8 Å². The lowest BCUT2D eigenvalue weighted by atomic mass is 9.80. The third kappa shape index (κ3) is 7.47. The van der Waals surface area contributed by atoms with Crippen molar-refractivity contribution in [2.24, 2.45) is 11.7 Å². The molecular formula is C17H27F3N2O6. The van der Waals surface area contributed by atoms with Crippen molar-refractivity contribution in [2.75, 3.05) is 7.11 Å². The number of amides is 1. The van der Waals surface area contributed by atoms with Crippen molar-refractivity contribution in [2.45, 2.75) is 63.9 Å². The van der Waals surface area contributed by atoms with E-state index in [-0.39, 0.29) is 23.9 Å². The number of carbonyl (C=O) groups excluding carboxylic acids is 1. The Balaban J connectivity index is 0.000000887. The Labute approximate surface area is 160 Å². The largest absolute Gasteiger partial charge is 0.490 e. The molecule has 1 amide bonds. The number of nitrogens with one attached hydrogen (secondary N) is 1. The summed E-state index contributed by atoms with van der Waals surface area (Å²) in [7, 11) is 1.60. The maximum absolute atomic E-state index is 11.6. The molecule has 0 radical (unpaired) electrons. The van der Waals surface area contributed by atoms with Gasteiger partial charge in [0.15, 0.2) is 0 Å². The van der Waals surface area contributed by atoms with Crippen LogP contribution in [0.15, 0.2) is 11.6 Å². The van der Waals surface area contributed by atoms with Gasteiger partial charge in [0.05, 0.1) is 11.6 Å². The van der Waals surface area contributed by atoms with Crippen LogP contribution in [0.25, 0.3) is 0 Å². The minimum absolute atomic E-state index is 0.177. The molecule has 0 fully saturated rings. The second-order valence-corrected chi connectivity index (χ2v) is 6.69. The molecule has 28 heavy (non-hydrogen) atoms. The third-order valence-electron chi connectivity index (χ3n) is 4.48. The summed E-state index contributed by atoms with van der Waals surface area (Å²) in [6.07, 6.45) is -1.48. The Morgan fingerprint density at radius 3 is 2.14 bits per heavy atom. The van der Waals surface area contributed by atoms with E-state index in [2.05, 4.69) is 5.32 Å². The smallest absolute Gasteiger partial charge is 0.478 e. The van der Waals surface area contributed by atoms with E-state index in [4.69, 9.17) is 25.5 Å². The van der Waals surface area contributed by atoms with Crippen LogP contribution in [-0.2, 0) is 19.1 Å². The number of carboxylic acid groups (broad SMARTS) is 2. The van der Waals surface area contributed by atoms with Gasteiger partial charge in [-0.15, -0.1) is 0 Å².